The molecule has 0 aliphatic rings. The molecule has 0 spiro atoms. The molecule has 0 fully saturated rings. The SMILES string of the molecule is CC(C)(C#N)CCCCOc1ccc(C#N)c(Cl)c1. The summed E-state index contributed by atoms with van der Waals surface area (Å²) in [4.78, 5) is 0. The Bertz CT molecular complexity index is 512. The molecule has 0 saturated heterocycles. The summed E-state index contributed by atoms with van der Waals surface area (Å²) in [5, 5.41) is 18.0. The number of hydrogen-bond acceptors (Lipinski definition) is 3. The summed E-state index contributed by atoms with van der Waals surface area (Å²) < 4.78 is 5.56. The van der Waals surface area contributed by atoms with Gasteiger partial charge in [-0.05, 0) is 45.2 Å². The van der Waals surface area contributed by atoms with E-state index in [-0.39, 0.29) is 5.41 Å². The van der Waals surface area contributed by atoms with Crippen LogP contribution in [0.5, 0.6) is 5.75 Å². The zero-order valence-corrected chi connectivity index (χ0v) is 12.0. The van der Waals surface area contributed by atoms with E-state index in [9.17, 15) is 0 Å². The quantitative estimate of drug-likeness (QED) is 0.728. The standard InChI is InChI=1S/C15H17ClN2O/c1-15(2,11-18)7-3-4-8-19-13-6-5-12(10-17)14(16)9-13/h5-6,9H,3-4,7-8H2,1-2H3. The highest BCUT2D eigenvalue weighted by molar-refractivity contribution is 6.31. The lowest BCUT2D eigenvalue weighted by Crippen LogP contribution is -2.08. The first-order valence-electron chi connectivity index (χ1n) is 6.22. The van der Waals surface area contributed by atoms with Gasteiger partial charge < -0.3 is 4.74 Å². The van der Waals surface area contributed by atoms with Crippen molar-refractivity contribution in [2.75, 3.05) is 6.61 Å². The Labute approximate surface area is 119 Å². The zero-order valence-electron chi connectivity index (χ0n) is 11.2. The van der Waals surface area contributed by atoms with Gasteiger partial charge in [-0.1, -0.05) is 11.6 Å². The van der Waals surface area contributed by atoms with E-state index in [0.717, 1.165) is 19.3 Å². The fraction of sp³-hybridized carbons (Fsp3) is 0.467. The predicted octanol–water partition coefficient (Wildman–Crippen LogP) is 4.31. The summed E-state index contributed by atoms with van der Waals surface area (Å²) in [6, 6.07) is 9.33. The van der Waals surface area contributed by atoms with E-state index in [1.807, 2.05) is 19.9 Å². The Morgan fingerprint density at radius 3 is 2.58 bits per heavy atom. The lowest BCUT2D eigenvalue weighted by atomic mass is 9.89. The van der Waals surface area contributed by atoms with E-state index < -0.39 is 0 Å². The summed E-state index contributed by atoms with van der Waals surface area (Å²) in [5.41, 5.74) is 0.183. The van der Waals surface area contributed by atoms with Crippen LogP contribution in [0.2, 0.25) is 5.02 Å². The number of nitrogens with zero attached hydrogens (tertiary/aromatic N) is 2. The minimum Gasteiger partial charge on any atom is -0.494 e. The van der Waals surface area contributed by atoms with Gasteiger partial charge in [0.1, 0.15) is 11.8 Å². The number of benzene rings is 1. The number of ether oxygens (including phenoxy) is 1. The second kappa shape index (κ2) is 7.02. The molecular formula is C15H17ClN2O. The van der Waals surface area contributed by atoms with Crippen molar-refractivity contribution in [1.29, 1.82) is 10.5 Å². The molecule has 19 heavy (non-hydrogen) atoms. The van der Waals surface area contributed by atoms with Crippen LogP contribution >= 0.6 is 11.6 Å². The van der Waals surface area contributed by atoms with Gasteiger partial charge >= 0.3 is 0 Å². The summed E-state index contributed by atoms with van der Waals surface area (Å²) >= 11 is 5.91. The molecule has 1 rings (SSSR count). The highest BCUT2D eigenvalue weighted by atomic mass is 35.5. The first-order valence-corrected chi connectivity index (χ1v) is 6.60. The van der Waals surface area contributed by atoms with Gasteiger partial charge in [-0.2, -0.15) is 10.5 Å². The van der Waals surface area contributed by atoms with Crippen molar-refractivity contribution in [2.45, 2.75) is 33.1 Å². The van der Waals surface area contributed by atoms with Gasteiger partial charge in [-0.25, -0.2) is 0 Å². The maximum absolute atomic E-state index is 8.89. The lowest BCUT2D eigenvalue weighted by molar-refractivity contribution is 0.295. The molecule has 4 heteroatoms. The van der Waals surface area contributed by atoms with Gasteiger partial charge in [0.2, 0.25) is 0 Å². The number of hydrogen-bond donors (Lipinski definition) is 0. The third kappa shape index (κ3) is 5.20. The van der Waals surface area contributed by atoms with Crippen LogP contribution in [-0.2, 0) is 0 Å². The fourth-order valence-electron chi connectivity index (χ4n) is 1.59. The van der Waals surface area contributed by atoms with Crippen LogP contribution in [0.1, 0.15) is 38.7 Å². The molecule has 1 aromatic rings. The molecule has 1 aromatic carbocycles. The van der Waals surface area contributed by atoms with Gasteiger partial charge in [0.25, 0.3) is 0 Å². The third-order valence-corrected chi connectivity index (χ3v) is 3.14. The van der Waals surface area contributed by atoms with Gasteiger partial charge in [0.05, 0.1) is 28.7 Å². The average Bonchev–Trinajstić information content (AvgIpc) is 2.38. The second-order valence-corrected chi connectivity index (χ2v) is 5.46. The van der Waals surface area contributed by atoms with E-state index >= 15 is 0 Å². The van der Waals surface area contributed by atoms with E-state index in [2.05, 4.69) is 6.07 Å². The molecule has 0 radical (unpaired) electrons. The van der Waals surface area contributed by atoms with Crippen molar-refractivity contribution in [3.05, 3.63) is 28.8 Å². The van der Waals surface area contributed by atoms with Gasteiger partial charge in [0, 0.05) is 6.07 Å². The van der Waals surface area contributed by atoms with E-state index in [0.29, 0.717) is 22.9 Å². The van der Waals surface area contributed by atoms with Crippen LogP contribution in [0.15, 0.2) is 18.2 Å². The van der Waals surface area contributed by atoms with E-state index in [4.69, 9.17) is 26.9 Å². The minimum absolute atomic E-state index is 0.266. The molecule has 0 aliphatic heterocycles. The van der Waals surface area contributed by atoms with Crippen LogP contribution in [0.4, 0.5) is 0 Å². The van der Waals surface area contributed by atoms with Crippen molar-refractivity contribution in [3.8, 4) is 17.9 Å². The maximum atomic E-state index is 8.89. The first-order chi connectivity index (χ1) is 8.98. The molecule has 0 saturated carbocycles. The fourth-order valence-corrected chi connectivity index (χ4v) is 1.80. The molecule has 0 N–H and O–H groups in total. The van der Waals surface area contributed by atoms with E-state index in [1.54, 1.807) is 18.2 Å². The van der Waals surface area contributed by atoms with Crippen molar-refractivity contribution < 1.29 is 4.74 Å². The molecule has 0 heterocycles. The van der Waals surface area contributed by atoms with Crippen molar-refractivity contribution >= 4 is 11.6 Å². The summed E-state index contributed by atoms with van der Waals surface area (Å²) in [7, 11) is 0. The van der Waals surface area contributed by atoms with Crippen LogP contribution in [0, 0.1) is 28.1 Å². The molecule has 3 nitrogen and oxygen atoms in total. The Morgan fingerprint density at radius 1 is 1.26 bits per heavy atom. The molecule has 0 aliphatic carbocycles. The van der Waals surface area contributed by atoms with Crippen molar-refractivity contribution in [2.24, 2.45) is 5.41 Å². The summed E-state index contributed by atoms with van der Waals surface area (Å²) in [6.45, 7) is 4.46. The minimum atomic E-state index is -0.266. The van der Waals surface area contributed by atoms with Crippen LogP contribution < -0.4 is 4.74 Å². The van der Waals surface area contributed by atoms with Crippen LogP contribution in [-0.4, -0.2) is 6.61 Å². The first kappa shape index (κ1) is 15.3. The smallest absolute Gasteiger partial charge is 0.120 e. The molecule has 0 amide bonds. The number of unbranched alkanes of at least 4 members (excludes halogenated alkanes) is 1. The molecule has 0 unspecified atom stereocenters. The van der Waals surface area contributed by atoms with Crippen molar-refractivity contribution in [1.82, 2.24) is 0 Å². The molecular weight excluding hydrogens is 260 g/mol. The Balaban J connectivity index is 2.33. The van der Waals surface area contributed by atoms with Gasteiger partial charge in [0.15, 0.2) is 0 Å². The molecule has 0 aromatic heterocycles. The second-order valence-electron chi connectivity index (χ2n) is 5.05. The highest BCUT2D eigenvalue weighted by Crippen LogP contribution is 2.23. The zero-order chi connectivity index (χ0) is 14.3. The van der Waals surface area contributed by atoms with E-state index in [1.165, 1.54) is 0 Å². The monoisotopic (exact) mass is 276 g/mol. The average molecular weight is 277 g/mol. The van der Waals surface area contributed by atoms with Crippen LogP contribution in [0.25, 0.3) is 0 Å². The Hall–Kier alpha value is -1.71. The summed E-state index contributed by atoms with van der Waals surface area (Å²) in [5.74, 6) is 0.670. The summed E-state index contributed by atoms with van der Waals surface area (Å²) in [6.07, 6.45) is 2.70. The normalized spacial score (nSPS) is 10.6. The predicted molar refractivity (Wildman–Crippen MR) is 74.9 cm³/mol. The maximum Gasteiger partial charge on any atom is 0.120 e. The third-order valence-electron chi connectivity index (χ3n) is 2.83. The van der Waals surface area contributed by atoms with Gasteiger partial charge in [-0.15, -0.1) is 0 Å². The topological polar surface area (TPSA) is 56.8 Å². The lowest BCUT2D eigenvalue weighted by Gasteiger charge is -2.14. The molecule has 100 valence electrons. The number of halogens is 1. The number of rotatable bonds is 6. The van der Waals surface area contributed by atoms with Crippen molar-refractivity contribution in [3.63, 3.8) is 0 Å². The van der Waals surface area contributed by atoms with Crippen LogP contribution in [0.3, 0.4) is 0 Å². The largest absolute Gasteiger partial charge is 0.494 e. The Kier molecular flexibility index (Phi) is 5.67. The van der Waals surface area contributed by atoms with Gasteiger partial charge in [-0.3, -0.25) is 0 Å². The Morgan fingerprint density at radius 2 is 2.00 bits per heavy atom. The number of nitriles is 2. The molecule has 0 bridgehead atoms. The highest BCUT2D eigenvalue weighted by Gasteiger charge is 2.15. The molecule has 0 atom stereocenters.